The monoisotopic (exact) mass is 358 g/mol. The Morgan fingerprint density at radius 3 is 2.76 bits per heavy atom. The molecule has 0 saturated heterocycles. The fourth-order valence-corrected chi connectivity index (χ4v) is 3.19. The van der Waals surface area contributed by atoms with Crippen molar-refractivity contribution in [3.8, 4) is 0 Å². The number of ketones is 1. The predicted octanol–water partition coefficient (Wildman–Crippen LogP) is 3.00. The quantitative estimate of drug-likeness (QED) is 0.636. The first kappa shape index (κ1) is 17.2. The number of rotatable bonds is 5. The van der Waals surface area contributed by atoms with E-state index in [1.54, 1.807) is 18.2 Å². The van der Waals surface area contributed by atoms with Crippen molar-refractivity contribution in [3.63, 3.8) is 0 Å². The molecule has 25 heavy (non-hydrogen) atoms. The van der Waals surface area contributed by atoms with Gasteiger partial charge >= 0.3 is 0 Å². The van der Waals surface area contributed by atoms with Crippen molar-refractivity contribution in [2.75, 3.05) is 11.1 Å². The number of hydrogen-bond acceptors (Lipinski definition) is 4. The second kappa shape index (κ2) is 7.06. The second-order valence-corrected chi connectivity index (χ2v) is 6.61. The zero-order chi connectivity index (χ0) is 18.0. The maximum Gasteiger partial charge on any atom is 0.251 e. The first-order valence-corrected chi connectivity index (χ1v) is 8.57. The number of amides is 2. The summed E-state index contributed by atoms with van der Waals surface area (Å²) in [7, 11) is 0. The molecule has 0 atom stereocenters. The summed E-state index contributed by atoms with van der Waals surface area (Å²) in [6.45, 7) is 1.86. The maximum absolute atomic E-state index is 13.9. The van der Waals surface area contributed by atoms with E-state index in [0.29, 0.717) is 28.3 Å². The molecule has 0 spiro atoms. The normalized spacial score (nSPS) is 12.5. The van der Waals surface area contributed by atoms with Gasteiger partial charge in [-0.15, -0.1) is 11.8 Å². The molecule has 0 aliphatic carbocycles. The van der Waals surface area contributed by atoms with Crippen molar-refractivity contribution < 1.29 is 18.8 Å². The zero-order valence-corrected chi connectivity index (χ0v) is 14.2. The Morgan fingerprint density at radius 1 is 1.24 bits per heavy atom. The molecule has 0 fully saturated rings. The van der Waals surface area contributed by atoms with Crippen molar-refractivity contribution in [3.05, 3.63) is 58.9 Å². The number of benzene rings is 2. The number of carbonyl (C=O) groups excluding carboxylic acids is 3. The third kappa shape index (κ3) is 3.88. The third-order valence-corrected chi connectivity index (χ3v) is 4.82. The van der Waals surface area contributed by atoms with Crippen LogP contribution in [0, 0.1) is 5.82 Å². The van der Waals surface area contributed by atoms with Gasteiger partial charge in [-0.25, -0.2) is 4.39 Å². The maximum atomic E-state index is 13.9. The van der Waals surface area contributed by atoms with Gasteiger partial charge in [0.05, 0.1) is 5.75 Å². The first-order chi connectivity index (χ1) is 11.9. The smallest absolute Gasteiger partial charge is 0.251 e. The van der Waals surface area contributed by atoms with Crippen LogP contribution in [0.25, 0.3) is 0 Å². The number of fused-ring (bicyclic) bond motifs is 1. The summed E-state index contributed by atoms with van der Waals surface area (Å²) in [4.78, 5) is 35.2. The summed E-state index contributed by atoms with van der Waals surface area (Å²) in [5, 5.41) is 5.40. The minimum atomic E-state index is -0.528. The van der Waals surface area contributed by atoms with Gasteiger partial charge in [0, 0.05) is 28.3 Å². The van der Waals surface area contributed by atoms with Crippen LogP contribution in [0.1, 0.15) is 33.2 Å². The highest BCUT2D eigenvalue weighted by Gasteiger charge is 2.19. The van der Waals surface area contributed by atoms with Crippen LogP contribution < -0.4 is 10.6 Å². The Labute approximate surface area is 148 Å². The number of thioether (sulfide) groups is 1. The Hall–Kier alpha value is -2.67. The van der Waals surface area contributed by atoms with Gasteiger partial charge in [0.2, 0.25) is 5.91 Å². The number of nitrogens with one attached hydrogen (secondary N) is 2. The highest BCUT2D eigenvalue weighted by Crippen LogP contribution is 2.24. The van der Waals surface area contributed by atoms with E-state index in [4.69, 9.17) is 0 Å². The highest BCUT2D eigenvalue weighted by atomic mass is 32.2. The van der Waals surface area contributed by atoms with Crippen LogP contribution >= 0.6 is 11.8 Å². The molecule has 1 aliphatic rings. The fraction of sp³-hybridized carbons (Fsp3) is 0.167. The lowest BCUT2D eigenvalue weighted by atomic mass is 10.1. The second-order valence-electron chi connectivity index (χ2n) is 5.59. The van der Waals surface area contributed by atoms with E-state index < -0.39 is 5.82 Å². The van der Waals surface area contributed by atoms with E-state index in [1.807, 2.05) is 0 Å². The summed E-state index contributed by atoms with van der Waals surface area (Å²) in [6, 6.07) is 9.33. The molecule has 0 unspecified atom stereocenters. The molecular formula is C18H15FN2O3S. The molecule has 0 saturated carbocycles. The Balaban J connectivity index is 1.61. The van der Waals surface area contributed by atoms with Gasteiger partial charge in [0.15, 0.2) is 5.78 Å². The van der Waals surface area contributed by atoms with Gasteiger partial charge in [0.25, 0.3) is 5.91 Å². The van der Waals surface area contributed by atoms with Crippen molar-refractivity contribution >= 4 is 35.0 Å². The first-order valence-electron chi connectivity index (χ1n) is 7.58. The van der Waals surface area contributed by atoms with Gasteiger partial charge in [-0.1, -0.05) is 12.1 Å². The SMILES string of the molecule is CC(=O)c1ccc(SCC(=O)Nc2ccc3c(c2)C(=O)NC3)c(F)c1. The number of halogens is 1. The lowest BCUT2D eigenvalue weighted by Crippen LogP contribution is -2.15. The molecule has 1 aliphatic heterocycles. The number of hydrogen-bond donors (Lipinski definition) is 2. The summed E-state index contributed by atoms with van der Waals surface area (Å²) in [5.41, 5.74) is 2.26. The van der Waals surface area contributed by atoms with Gasteiger partial charge in [0.1, 0.15) is 5.82 Å². The van der Waals surface area contributed by atoms with Crippen molar-refractivity contribution in [2.24, 2.45) is 0 Å². The molecule has 7 heteroatoms. The molecule has 2 amide bonds. The predicted molar refractivity (Wildman–Crippen MR) is 93.4 cm³/mol. The molecule has 2 aromatic rings. The average Bonchev–Trinajstić information content (AvgIpc) is 2.94. The van der Waals surface area contributed by atoms with E-state index in [9.17, 15) is 18.8 Å². The lowest BCUT2D eigenvalue weighted by molar-refractivity contribution is -0.113. The summed E-state index contributed by atoms with van der Waals surface area (Å²) in [6.07, 6.45) is 0. The fourth-order valence-electron chi connectivity index (χ4n) is 2.47. The van der Waals surface area contributed by atoms with Crippen LogP contribution in [0.5, 0.6) is 0 Å². The van der Waals surface area contributed by atoms with E-state index in [0.717, 1.165) is 17.3 Å². The molecule has 5 nitrogen and oxygen atoms in total. The van der Waals surface area contributed by atoms with E-state index in [1.165, 1.54) is 25.1 Å². The molecule has 0 bridgehead atoms. The van der Waals surface area contributed by atoms with Crippen LogP contribution in [0.15, 0.2) is 41.3 Å². The average molecular weight is 358 g/mol. The molecular weight excluding hydrogens is 343 g/mol. The van der Waals surface area contributed by atoms with Crippen molar-refractivity contribution in [1.29, 1.82) is 0 Å². The van der Waals surface area contributed by atoms with Crippen molar-refractivity contribution in [1.82, 2.24) is 5.32 Å². The van der Waals surface area contributed by atoms with E-state index >= 15 is 0 Å². The van der Waals surface area contributed by atoms with Gasteiger partial charge < -0.3 is 10.6 Å². The Kier molecular flexibility index (Phi) is 4.85. The van der Waals surface area contributed by atoms with Gasteiger partial charge in [-0.2, -0.15) is 0 Å². The van der Waals surface area contributed by atoms with Crippen LogP contribution in [0.2, 0.25) is 0 Å². The van der Waals surface area contributed by atoms with Crippen LogP contribution in [-0.4, -0.2) is 23.4 Å². The molecule has 3 rings (SSSR count). The topological polar surface area (TPSA) is 75.3 Å². The highest BCUT2D eigenvalue weighted by molar-refractivity contribution is 8.00. The Bertz CT molecular complexity index is 883. The molecule has 0 radical (unpaired) electrons. The van der Waals surface area contributed by atoms with Crippen LogP contribution in [0.3, 0.4) is 0 Å². The summed E-state index contributed by atoms with van der Waals surface area (Å²) in [5.74, 6) is -1.19. The van der Waals surface area contributed by atoms with Gasteiger partial charge in [-0.3, -0.25) is 14.4 Å². The molecule has 2 aromatic carbocycles. The standard InChI is InChI=1S/C18H15FN2O3S/c1-10(22)11-3-5-16(15(19)6-11)25-9-17(23)21-13-4-2-12-8-20-18(24)14(12)7-13/h2-7H,8-9H2,1H3,(H,20,24)(H,21,23). The number of anilines is 1. The van der Waals surface area contributed by atoms with Crippen LogP contribution in [-0.2, 0) is 11.3 Å². The van der Waals surface area contributed by atoms with Gasteiger partial charge in [-0.05, 0) is 36.8 Å². The number of carbonyl (C=O) groups is 3. The van der Waals surface area contributed by atoms with E-state index in [-0.39, 0.29) is 23.4 Å². The minimum absolute atomic E-state index is 0.0135. The Morgan fingerprint density at radius 2 is 2.04 bits per heavy atom. The molecule has 1 heterocycles. The summed E-state index contributed by atoms with van der Waals surface area (Å²) < 4.78 is 13.9. The molecule has 128 valence electrons. The minimum Gasteiger partial charge on any atom is -0.348 e. The third-order valence-electron chi connectivity index (χ3n) is 3.77. The van der Waals surface area contributed by atoms with E-state index in [2.05, 4.69) is 10.6 Å². The molecule has 0 aromatic heterocycles. The molecule has 2 N–H and O–H groups in total. The lowest BCUT2D eigenvalue weighted by Gasteiger charge is -2.07. The largest absolute Gasteiger partial charge is 0.348 e. The van der Waals surface area contributed by atoms with Crippen LogP contribution in [0.4, 0.5) is 10.1 Å². The summed E-state index contributed by atoms with van der Waals surface area (Å²) >= 11 is 1.04. The van der Waals surface area contributed by atoms with Crippen molar-refractivity contribution in [2.45, 2.75) is 18.4 Å². The number of Topliss-reactive ketones (excluding diaryl/α,β-unsaturated/α-hetero) is 1. The zero-order valence-electron chi connectivity index (χ0n) is 13.4.